The minimum Gasteiger partial charge on any atom is -0.380 e. The van der Waals surface area contributed by atoms with Gasteiger partial charge < -0.3 is 10.1 Å². The molecule has 0 bridgehead atoms. The van der Waals surface area contributed by atoms with Gasteiger partial charge in [0, 0.05) is 31.5 Å². The molecule has 5 heteroatoms. The molecule has 0 spiro atoms. The van der Waals surface area contributed by atoms with Gasteiger partial charge in [-0.15, -0.1) is 11.3 Å². The van der Waals surface area contributed by atoms with Crippen molar-refractivity contribution in [3.05, 3.63) is 64.4 Å². The number of thiophene rings is 1. The van der Waals surface area contributed by atoms with E-state index in [9.17, 15) is 4.39 Å². The molecule has 0 aliphatic carbocycles. The Labute approximate surface area is 139 Å². The van der Waals surface area contributed by atoms with Crippen molar-refractivity contribution in [2.24, 2.45) is 0 Å². The molecular formula is C18H19FN2OS. The van der Waals surface area contributed by atoms with E-state index in [-0.39, 0.29) is 18.5 Å². The second-order valence-corrected chi connectivity index (χ2v) is 6.48. The minimum atomic E-state index is -0.226. The summed E-state index contributed by atoms with van der Waals surface area (Å²) in [4.78, 5) is 4.47. The topological polar surface area (TPSA) is 34.1 Å². The van der Waals surface area contributed by atoms with E-state index in [1.165, 1.54) is 10.8 Å². The Balaban J connectivity index is 1.68. The molecule has 0 saturated heterocycles. The summed E-state index contributed by atoms with van der Waals surface area (Å²) < 4.78 is 19.8. The molecule has 2 heterocycles. The van der Waals surface area contributed by atoms with Crippen molar-refractivity contribution in [2.45, 2.75) is 26.1 Å². The Hall–Kier alpha value is -1.82. The van der Waals surface area contributed by atoms with Crippen molar-refractivity contribution in [3.63, 3.8) is 0 Å². The Morgan fingerprint density at radius 2 is 2.17 bits per heavy atom. The van der Waals surface area contributed by atoms with Crippen molar-refractivity contribution in [1.82, 2.24) is 10.3 Å². The van der Waals surface area contributed by atoms with E-state index in [1.807, 2.05) is 18.3 Å². The number of aromatic nitrogens is 1. The van der Waals surface area contributed by atoms with Crippen LogP contribution in [0.5, 0.6) is 0 Å². The molecule has 0 saturated carbocycles. The summed E-state index contributed by atoms with van der Waals surface area (Å²) in [6, 6.07) is 9.51. The Morgan fingerprint density at radius 3 is 3.00 bits per heavy atom. The Morgan fingerprint density at radius 1 is 1.30 bits per heavy atom. The fourth-order valence-corrected chi connectivity index (χ4v) is 3.28. The highest BCUT2D eigenvalue weighted by atomic mass is 32.1. The first-order chi connectivity index (χ1) is 11.2. The van der Waals surface area contributed by atoms with Gasteiger partial charge in [-0.3, -0.25) is 4.98 Å². The van der Waals surface area contributed by atoms with E-state index in [0.29, 0.717) is 12.1 Å². The summed E-state index contributed by atoms with van der Waals surface area (Å²) in [5.41, 5.74) is 3.81. The van der Waals surface area contributed by atoms with Crippen LogP contribution in [0.15, 0.2) is 41.9 Å². The van der Waals surface area contributed by atoms with Crippen LogP contribution in [0.3, 0.4) is 0 Å². The first-order valence-corrected chi connectivity index (χ1v) is 8.38. The second kappa shape index (κ2) is 7.17. The molecule has 0 radical (unpaired) electrons. The van der Waals surface area contributed by atoms with Crippen molar-refractivity contribution < 1.29 is 9.13 Å². The SMILES string of the molecule is COCc1cc(CNC(C)c2cnc3ccsc3c2)ccc1F. The van der Waals surface area contributed by atoms with E-state index in [1.54, 1.807) is 24.5 Å². The summed E-state index contributed by atoms with van der Waals surface area (Å²) in [7, 11) is 1.57. The third-order valence-electron chi connectivity index (χ3n) is 3.85. The predicted molar refractivity (Wildman–Crippen MR) is 92.0 cm³/mol. The predicted octanol–water partition coefficient (Wildman–Crippen LogP) is 4.43. The van der Waals surface area contributed by atoms with Crippen LogP contribution in [-0.2, 0) is 17.9 Å². The van der Waals surface area contributed by atoms with Gasteiger partial charge in [-0.2, -0.15) is 0 Å². The minimum absolute atomic E-state index is 0.171. The van der Waals surface area contributed by atoms with E-state index >= 15 is 0 Å². The Bertz CT molecular complexity index is 803. The van der Waals surface area contributed by atoms with Crippen molar-refractivity contribution in [2.75, 3.05) is 7.11 Å². The molecule has 0 aliphatic rings. The van der Waals surface area contributed by atoms with E-state index < -0.39 is 0 Å². The molecule has 0 amide bonds. The number of ether oxygens (including phenoxy) is 1. The second-order valence-electron chi connectivity index (χ2n) is 5.53. The highest BCUT2D eigenvalue weighted by Crippen LogP contribution is 2.23. The lowest BCUT2D eigenvalue weighted by Gasteiger charge is -2.15. The van der Waals surface area contributed by atoms with Gasteiger partial charge in [-0.25, -0.2) is 4.39 Å². The molecule has 23 heavy (non-hydrogen) atoms. The first kappa shape index (κ1) is 16.1. The largest absolute Gasteiger partial charge is 0.380 e. The Kier molecular flexibility index (Phi) is 5.00. The lowest BCUT2D eigenvalue weighted by atomic mass is 10.1. The highest BCUT2D eigenvalue weighted by Gasteiger charge is 2.09. The third kappa shape index (κ3) is 3.75. The number of hydrogen-bond donors (Lipinski definition) is 1. The van der Waals surface area contributed by atoms with E-state index in [4.69, 9.17) is 4.74 Å². The molecule has 1 atom stereocenters. The van der Waals surface area contributed by atoms with Crippen molar-refractivity contribution >= 4 is 21.6 Å². The van der Waals surface area contributed by atoms with Crippen LogP contribution < -0.4 is 5.32 Å². The quantitative estimate of drug-likeness (QED) is 0.726. The number of pyridine rings is 1. The number of benzene rings is 1. The van der Waals surface area contributed by atoms with Gasteiger partial charge in [0.1, 0.15) is 5.82 Å². The van der Waals surface area contributed by atoms with E-state index in [0.717, 1.165) is 16.6 Å². The third-order valence-corrected chi connectivity index (χ3v) is 4.70. The lowest BCUT2D eigenvalue weighted by molar-refractivity contribution is 0.181. The van der Waals surface area contributed by atoms with Crippen LogP contribution in [0.2, 0.25) is 0 Å². The zero-order chi connectivity index (χ0) is 16.2. The molecular weight excluding hydrogens is 311 g/mol. The molecule has 1 aromatic carbocycles. The van der Waals surface area contributed by atoms with Crippen LogP contribution in [0.4, 0.5) is 4.39 Å². The van der Waals surface area contributed by atoms with Gasteiger partial charge in [0.05, 0.1) is 16.8 Å². The first-order valence-electron chi connectivity index (χ1n) is 7.50. The number of rotatable bonds is 6. The maximum absolute atomic E-state index is 13.6. The molecule has 1 N–H and O–H groups in total. The van der Waals surface area contributed by atoms with Gasteiger partial charge >= 0.3 is 0 Å². The van der Waals surface area contributed by atoms with Crippen LogP contribution >= 0.6 is 11.3 Å². The molecule has 3 aromatic rings. The fourth-order valence-electron chi connectivity index (χ4n) is 2.49. The average Bonchev–Trinajstić information content (AvgIpc) is 3.03. The maximum Gasteiger partial charge on any atom is 0.128 e. The molecule has 2 aromatic heterocycles. The van der Waals surface area contributed by atoms with Gasteiger partial charge in [-0.1, -0.05) is 6.07 Å². The monoisotopic (exact) mass is 330 g/mol. The maximum atomic E-state index is 13.6. The zero-order valence-electron chi connectivity index (χ0n) is 13.2. The normalized spacial score (nSPS) is 12.7. The lowest BCUT2D eigenvalue weighted by Crippen LogP contribution is -2.18. The van der Waals surface area contributed by atoms with Crippen molar-refractivity contribution in [3.8, 4) is 0 Å². The summed E-state index contributed by atoms with van der Waals surface area (Å²) in [5, 5.41) is 5.51. The molecule has 120 valence electrons. The van der Waals surface area contributed by atoms with Crippen LogP contribution in [0.1, 0.15) is 29.7 Å². The molecule has 1 unspecified atom stereocenters. The van der Waals surface area contributed by atoms with Gasteiger partial charge in [0.25, 0.3) is 0 Å². The number of nitrogens with zero attached hydrogens (tertiary/aromatic N) is 1. The van der Waals surface area contributed by atoms with Gasteiger partial charge in [0.15, 0.2) is 0 Å². The average molecular weight is 330 g/mol. The highest BCUT2D eigenvalue weighted by molar-refractivity contribution is 7.17. The van der Waals surface area contributed by atoms with Crippen LogP contribution in [0.25, 0.3) is 10.2 Å². The molecule has 0 aliphatic heterocycles. The van der Waals surface area contributed by atoms with Gasteiger partial charge in [-0.05, 0) is 47.7 Å². The zero-order valence-corrected chi connectivity index (χ0v) is 14.0. The molecule has 3 rings (SSSR count). The van der Waals surface area contributed by atoms with Crippen LogP contribution in [-0.4, -0.2) is 12.1 Å². The van der Waals surface area contributed by atoms with Crippen LogP contribution in [0, 0.1) is 5.82 Å². The van der Waals surface area contributed by atoms with Crippen molar-refractivity contribution in [1.29, 1.82) is 0 Å². The standard InChI is InChI=1S/C18H19FN2OS/c1-12(14-8-18-17(21-10-14)5-6-23-18)20-9-13-3-4-16(19)15(7-13)11-22-2/h3-8,10,12,20H,9,11H2,1-2H3. The summed E-state index contributed by atoms with van der Waals surface area (Å²) >= 11 is 1.70. The van der Waals surface area contributed by atoms with Gasteiger partial charge in [0.2, 0.25) is 0 Å². The van der Waals surface area contributed by atoms with E-state index in [2.05, 4.69) is 28.7 Å². The molecule has 0 fully saturated rings. The number of nitrogens with one attached hydrogen (secondary N) is 1. The summed E-state index contributed by atoms with van der Waals surface area (Å²) in [6.07, 6.45) is 1.91. The smallest absolute Gasteiger partial charge is 0.128 e. The number of fused-ring (bicyclic) bond motifs is 1. The number of halogens is 1. The summed E-state index contributed by atoms with van der Waals surface area (Å²) in [6.45, 7) is 3.06. The molecule has 3 nitrogen and oxygen atoms in total. The summed E-state index contributed by atoms with van der Waals surface area (Å²) in [5.74, 6) is -0.226. The number of methoxy groups -OCH3 is 1. The fraction of sp³-hybridized carbons (Fsp3) is 0.278. The number of hydrogen-bond acceptors (Lipinski definition) is 4.